The number of hydrogen-bond acceptors (Lipinski definition) is 3. The molecule has 0 fully saturated rings. The third-order valence-electron chi connectivity index (χ3n) is 1.42. The van der Waals surface area contributed by atoms with E-state index in [9.17, 15) is 9.59 Å². The van der Waals surface area contributed by atoms with Gasteiger partial charge in [0.25, 0.3) is 0 Å². The maximum Gasteiger partial charge on any atom is 0.333 e. The van der Waals surface area contributed by atoms with E-state index < -0.39 is 5.97 Å². The first-order valence-corrected chi connectivity index (χ1v) is 3.35. The normalized spacial score (nSPS) is 16.0. The summed E-state index contributed by atoms with van der Waals surface area (Å²) in [6.07, 6.45) is 4.99. The lowest BCUT2D eigenvalue weighted by Crippen LogP contribution is -1.98. The standard InChI is InChI=1S/C8H7NO3/c10-5-6-1-2-7(8(11)12)4-9-3-6/h1,3-5H,2H2,(H,11,12). The third-order valence-corrected chi connectivity index (χ3v) is 1.42. The number of carbonyl (C=O) groups excluding carboxylic acids is 1. The minimum absolute atomic E-state index is 0.183. The van der Waals surface area contributed by atoms with E-state index >= 15 is 0 Å². The van der Waals surface area contributed by atoms with Crippen LogP contribution in [0.4, 0.5) is 0 Å². The molecular weight excluding hydrogens is 158 g/mol. The first kappa shape index (κ1) is 8.39. The fourth-order valence-electron chi connectivity index (χ4n) is 0.768. The molecule has 0 saturated carbocycles. The lowest BCUT2D eigenvalue weighted by atomic mass is 10.1. The number of rotatable bonds is 2. The van der Waals surface area contributed by atoms with Crippen LogP contribution in [0.2, 0.25) is 0 Å². The third kappa shape index (κ3) is 1.88. The van der Waals surface area contributed by atoms with Gasteiger partial charge >= 0.3 is 5.97 Å². The maximum absolute atomic E-state index is 10.4. The highest BCUT2D eigenvalue weighted by atomic mass is 16.4. The summed E-state index contributed by atoms with van der Waals surface area (Å²) in [7, 11) is 0. The van der Waals surface area contributed by atoms with Crippen molar-refractivity contribution in [2.24, 2.45) is 4.99 Å². The van der Waals surface area contributed by atoms with Gasteiger partial charge in [-0.3, -0.25) is 9.79 Å². The molecule has 0 aromatic carbocycles. The molecule has 0 unspecified atom stereocenters. The Bertz CT molecular complexity index is 299. The van der Waals surface area contributed by atoms with E-state index in [4.69, 9.17) is 5.11 Å². The van der Waals surface area contributed by atoms with Crippen molar-refractivity contribution in [2.45, 2.75) is 6.42 Å². The van der Waals surface area contributed by atoms with Crippen LogP contribution in [0.1, 0.15) is 6.42 Å². The summed E-state index contributed by atoms with van der Waals surface area (Å²) in [5.41, 5.74) is 0.589. The van der Waals surface area contributed by atoms with Crippen molar-refractivity contribution >= 4 is 18.5 Å². The van der Waals surface area contributed by atoms with Crippen molar-refractivity contribution < 1.29 is 14.7 Å². The lowest BCUT2D eigenvalue weighted by Gasteiger charge is -1.92. The van der Waals surface area contributed by atoms with E-state index in [1.807, 2.05) is 0 Å². The molecule has 62 valence electrons. The predicted molar refractivity (Wildman–Crippen MR) is 43.0 cm³/mol. The highest BCUT2D eigenvalue weighted by molar-refractivity contribution is 6.03. The summed E-state index contributed by atoms with van der Waals surface area (Å²) >= 11 is 0. The molecule has 0 atom stereocenters. The number of aliphatic imine (C=N–C) groups is 1. The number of carboxylic acid groups (broad SMARTS) is 1. The average Bonchev–Trinajstić information content (AvgIpc) is 2.28. The first-order chi connectivity index (χ1) is 5.74. The van der Waals surface area contributed by atoms with E-state index in [0.29, 0.717) is 11.9 Å². The van der Waals surface area contributed by atoms with Gasteiger partial charge in [-0.05, 0) is 0 Å². The Balaban J connectivity index is 2.84. The number of allylic oxidation sites excluding steroid dienone is 2. The molecule has 1 aliphatic heterocycles. The maximum atomic E-state index is 10.4. The van der Waals surface area contributed by atoms with E-state index in [-0.39, 0.29) is 12.0 Å². The van der Waals surface area contributed by atoms with Gasteiger partial charge in [0.15, 0.2) is 6.29 Å². The zero-order valence-corrected chi connectivity index (χ0v) is 6.23. The van der Waals surface area contributed by atoms with E-state index in [1.165, 1.54) is 18.5 Å². The average molecular weight is 165 g/mol. The van der Waals surface area contributed by atoms with Crippen LogP contribution in [0, 0.1) is 0 Å². The van der Waals surface area contributed by atoms with Gasteiger partial charge in [-0.15, -0.1) is 0 Å². The van der Waals surface area contributed by atoms with Crippen LogP contribution in [0.5, 0.6) is 0 Å². The molecule has 0 aromatic heterocycles. The highest BCUT2D eigenvalue weighted by Crippen LogP contribution is 2.07. The molecule has 12 heavy (non-hydrogen) atoms. The number of carbonyl (C=O) groups is 2. The SMILES string of the molecule is O=CC1=CCC(C(=O)O)=CN=C1. The summed E-state index contributed by atoms with van der Waals surface area (Å²) in [4.78, 5) is 24.4. The van der Waals surface area contributed by atoms with Crippen molar-refractivity contribution in [3.8, 4) is 0 Å². The van der Waals surface area contributed by atoms with Crippen LogP contribution in [0.15, 0.2) is 28.4 Å². The molecule has 0 spiro atoms. The molecule has 1 aliphatic rings. The number of aldehydes is 1. The molecular formula is C8H7NO3. The zero-order chi connectivity index (χ0) is 8.97. The fraction of sp³-hybridized carbons (Fsp3) is 0.125. The van der Waals surface area contributed by atoms with E-state index in [0.717, 1.165) is 0 Å². The van der Waals surface area contributed by atoms with Crippen molar-refractivity contribution in [1.29, 1.82) is 0 Å². The Morgan fingerprint density at radius 2 is 2.42 bits per heavy atom. The Morgan fingerprint density at radius 1 is 1.67 bits per heavy atom. The molecule has 1 rings (SSSR count). The minimum Gasteiger partial charge on any atom is -0.478 e. The Kier molecular flexibility index (Phi) is 2.53. The lowest BCUT2D eigenvalue weighted by molar-refractivity contribution is -0.132. The largest absolute Gasteiger partial charge is 0.478 e. The molecule has 1 N–H and O–H groups in total. The van der Waals surface area contributed by atoms with Gasteiger partial charge in [0, 0.05) is 24.4 Å². The van der Waals surface area contributed by atoms with Crippen molar-refractivity contribution in [3.63, 3.8) is 0 Å². The molecule has 0 amide bonds. The van der Waals surface area contributed by atoms with Crippen LogP contribution in [-0.4, -0.2) is 23.6 Å². The van der Waals surface area contributed by atoms with Crippen molar-refractivity contribution in [2.75, 3.05) is 0 Å². The molecule has 0 bridgehead atoms. The monoisotopic (exact) mass is 165 g/mol. The van der Waals surface area contributed by atoms with Crippen LogP contribution < -0.4 is 0 Å². The summed E-state index contributed by atoms with van der Waals surface area (Å²) in [6, 6.07) is 0. The molecule has 0 saturated heterocycles. The van der Waals surface area contributed by atoms with Crippen LogP contribution in [-0.2, 0) is 9.59 Å². The molecule has 4 nitrogen and oxygen atoms in total. The number of nitrogens with zero attached hydrogens (tertiary/aromatic N) is 1. The van der Waals surface area contributed by atoms with Crippen LogP contribution >= 0.6 is 0 Å². The highest BCUT2D eigenvalue weighted by Gasteiger charge is 2.06. The number of hydrogen-bond donors (Lipinski definition) is 1. The molecule has 1 heterocycles. The Hall–Kier alpha value is -1.71. The zero-order valence-electron chi connectivity index (χ0n) is 6.23. The van der Waals surface area contributed by atoms with Gasteiger partial charge in [0.1, 0.15) is 0 Å². The topological polar surface area (TPSA) is 66.7 Å². The predicted octanol–water partition coefficient (Wildman–Crippen LogP) is 0.555. The van der Waals surface area contributed by atoms with Gasteiger partial charge in [-0.2, -0.15) is 0 Å². The Labute approximate surface area is 68.9 Å². The van der Waals surface area contributed by atoms with E-state index in [2.05, 4.69) is 4.99 Å². The summed E-state index contributed by atoms with van der Waals surface area (Å²) in [5.74, 6) is -1.00. The van der Waals surface area contributed by atoms with Crippen molar-refractivity contribution in [3.05, 3.63) is 23.4 Å². The second kappa shape index (κ2) is 3.61. The van der Waals surface area contributed by atoms with Gasteiger partial charge in [-0.1, -0.05) is 6.08 Å². The molecule has 0 aliphatic carbocycles. The van der Waals surface area contributed by atoms with Crippen molar-refractivity contribution in [1.82, 2.24) is 0 Å². The van der Waals surface area contributed by atoms with Gasteiger partial charge in [0.2, 0.25) is 0 Å². The first-order valence-electron chi connectivity index (χ1n) is 3.35. The summed E-state index contributed by atoms with van der Waals surface area (Å²) < 4.78 is 0. The fourth-order valence-corrected chi connectivity index (χ4v) is 0.768. The second-order valence-corrected chi connectivity index (χ2v) is 2.26. The smallest absolute Gasteiger partial charge is 0.333 e. The molecule has 0 aromatic rings. The van der Waals surface area contributed by atoms with Gasteiger partial charge in [0.05, 0.1) is 5.57 Å². The quantitative estimate of drug-likeness (QED) is 0.608. The van der Waals surface area contributed by atoms with Crippen LogP contribution in [0.25, 0.3) is 0 Å². The second-order valence-electron chi connectivity index (χ2n) is 2.26. The molecule has 0 radical (unpaired) electrons. The molecule has 4 heteroatoms. The summed E-state index contributed by atoms with van der Waals surface area (Å²) in [5, 5.41) is 8.56. The van der Waals surface area contributed by atoms with Crippen LogP contribution in [0.3, 0.4) is 0 Å². The number of carboxylic acids is 1. The number of aliphatic carboxylic acids is 1. The summed E-state index contributed by atoms with van der Waals surface area (Å²) in [6.45, 7) is 0. The Morgan fingerprint density at radius 3 is 3.00 bits per heavy atom. The van der Waals surface area contributed by atoms with Gasteiger partial charge < -0.3 is 5.11 Å². The minimum atomic E-state index is -1.00. The van der Waals surface area contributed by atoms with E-state index in [1.54, 1.807) is 0 Å². The van der Waals surface area contributed by atoms with Gasteiger partial charge in [-0.25, -0.2) is 4.79 Å².